The van der Waals surface area contributed by atoms with Crippen LogP contribution in [-0.4, -0.2) is 37.0 Å². The topological polar surface area (TPSA) is 51.4 Å². The number of ether oxygens (including phenoxy) is 3. The van der Waals surface area contributed by atoms with Crippen LogP contribution in [0.4, 0.5) is 0 Å². The van der Waals surface area contributed by atoms with Crippen LogP contribution in [0.2, 0.25) is 0 Å². The minimum Gasteiger partial charge on any atom is -0.467 e. The molecule has 0 spiro atoms. The van der Waals surface area contributed by atoms with Crippen molar-refractivity contribution in [3.63, 3.8) is 0 Å². The lowest BCUT2D eigenvalue weighted by molar-refractivity contribution is -0.147. The van der Waals surface area contributed by atoms with Crippen molar-refractivity contribution in [2.24, 2.45) is 0 Å². The summed E-state index contributed by atoms with van der Waals surface area (Å²) in [5, 5.41) is 0. The van der Waals surface area contributed by atoms with Crippen LogP contribution in [-0.2, 0) is 19.0 Å². The summed E-state index contributed by atoms with van der Waals surface area (Å²) in [6, 6.07) is 0. The van der Waals surface area contributed by atoms with Gasteiger partial charge in [-0.15, -0.1) is 0 Å². The highest BCUT2D eigenvalue weighted by molar-refractivity contribution is 5.85. The fourth-order valence-corrected chi connectivity index (χ4v) is 2.08. The Morgan fingerprint density at radius 3 is 3.31 bits per heavy atom. The molecule has 0 aromatic carbocycles. The summed E-state index contributed by atoms with van der Waals surface area (Å²) in [6.07, 6.45) is 4.70. The molecule has 0 amide bonds. The molecule has 2 saturated heterocycles. The molecule has 4 atom stereocenters. The highest BCUT2D eigenvalue weighted by Gasteiger charge is 2.75. The number of carbonyl (C=O) groups excluding carboxylic acids is 1. The number of epoxide rings is 2. The maximum absolute atomic E-state index is 11.5. The lowest BCUT2D eigenvalue weighted by Gasteiger charge is -2.05. The molecule has 0 aromatic heterocycles. The Hall–Kier alpha value is -0.870. The summed E-state index contributed by atoms with van der Waals surface area (Å²) in [4.78, 5) is 11.5. The van der Waals surface area contributed by atoms with Crippen molar-refractivity contribution in [3.05, 3.63) is 12.2 Å². The average molecular weight is 182 g/mol. The molecule has 4 nitrogen and oxygen atoms in total. The van der Waals surface area contributed by atoms with Crippen molar-refractivity contribution in [2.45, 2.75) is 30.3 Å². The van der Waals surface area contributed by atoms with E-state index in [1.165, 1.54) is 7.11 Å². The Labute approximate surface area is 75.5 Å². The molecule has 0 bridgehead atoms. The minimum absolute atomic E-state index is 0.0336. The molecule has 1 aliphatic carbocycles. The molecular formula is C9H10O4. The van der Waals surface area contributed by atoms with E-state index >= 15 is 0 Å². The van der Waals surface area contributed by atoms with Crippen molar-refractivity contribution >= 4 is 5.97 Å². The number of carbonyl (C=O) groups is 1. The van der Waals surface area contributed by atoms with Gasteiger partial charge in [-0.2, -0.15) is 0 Å². The standard InChI is InChI=1S/C9H10O4/c1-11-8(10)9-6(13-9)4-2-3-5-7(9)12-5/h2-3,5-7H,4H2,1H3. The van der Waals surface area contributed by atoms with Gasteiger partial charge in [0.1, 0.15) is 18.3 Å². The third-order valence-electron chi connectivity index (χ3n) is 2.89. The van der Waals surface area contributed by atoms with E-state index in [1.54, 1.807) is 0 Å². The summed E-state index contributed by atoms with van der Waals surface area (Å²) < 4.78 is 15.4. The molecule has 3 aliphatic rings. The van der Waals surface area contributed by atoms with Gasteiger partial charge in [0.25, 0.3) is 0 Å². The molecule has 4 heteroatoms. The average Bonchev–Trinajstić information content (AvgIpc) is 2.91. The van der Waals surface area contributed by atoms with Gasteiger partial charge in [-0.3, -0.25) is 0 Å². The fraction of sp³-hybridized carbons (Fsp3) is 0.667. The highest BCUT2D eigenvalue weighted by atomic mass is 16.7. The zero-order valence-corrected chi connectivity index (χ0v) is 7.23. The quantitative estimate of drug-likeness (QED) is 0.326. The lowest BCUT2D eigenvalue weighted by Crippen LogP contribution is -2.35. The van der Waals surface area contributed by atoms with Crippen LogP contribution in [0.5, 0.6) is 0 Å². The van der Waals surface area contributed by atoms with E-state index in [2.05, 4.69) is 0 Å². The third kappa shape index (κ3) is 0.796. The molecule has 2 aliphatic heterocycles. The number of methoxy groups -OCH3 is 1. The van der Waals surface area contributed by atoms with Gasteiger partial charge in [0.2, 0.25) is 5.60 Å². The Kier molecular flexibility index (Phi) is 1.24. The minimum atomic E-state index is -0.775. The first-order valence-corrected chi connectivity index (χ1v) is 4.37. The smallest absolute Gasteiger partial charge is 0.343 e. The van der Waals surface area contributed by atoms with Gasteiger partial charge in [-0.05, 0) is 6.42 Å². The van der Waals surface area contributed by atoms with Gasteiger partial charge in [-0.1, -0.05) is 12.2 Å². The first kappa shape index (κ1) is 7.53. The molecule has 70 valence electrons. The summed E-state index contributed by atoms with van der Waals surface area (Å²) in [6.45, 7) is 0. The van der Waals surface area contributed by atoms with E-state index in [0.29, 0.717) is 0 Å². The van der Waals surface area contributed by atoms with Gasteiger partial charge in [-0.25, -0.2) is 4.79 Å². The van der Waals surface area contributed by atoms with Crippen LogP contribution in [0.15, 0.2) is 12.2 Å². The largest absolute Gasteiger partial charge is 0.467 e. The van der Waals surface area contributed by atoms with Crippen molar-refractivity contribution in [1.29, 1.82) is 0 Å². The van der Waals surface area contributed by atoms with Gasteiger partial charge in [0.15, 0.2) is 0 Å². The van der Waals surface area contributed by atoms with E-state index in [4.69, 9.17) is 14.2 Å². The summed E-state index contributed by atoms with van der Waals surface area (Å²) >= 11 is 0. The third-order valence-corrected chi connectivity index (χ3v) is 2.89. The van der Waals surface area contributed by atoms with Crippen molar-refractivity contribution in [2.75, 3.05) is 7.11 Å². The van der Waals surface area contributed by atoms with Gasteiger partial charge in [0, 0.05) is 0 Å². The van der Waals surface area contributed by atoms with E-state index < -0.39 is 5.60 Å². The van der Waals surface area contributed by atoms with Crippen LogP contribution < -0.4 is 0 Å². The lowest BCUT2D eigenvalue weighted by atomic mass is 9.99. The summed E-state index contributed by atoms with van der Waals surface area (Å²) in [5.74, 6) is -0.298. The molecule has 0 N–H and O–H groups in total. The Morgan fingerprint density at radius 1 is 1.69 bits per heavy atom. The van der Waals surface area contributed by atoms with E-state index in [9.17, 15) is 4.79 Å². The summed E-state index contributed by atoms with van der Waals surface area (Å²) in [5.41, 5.74) is -0.775. The Morgan fingerprint density at radius 2 is 2.54 bits per heavy atom. The van der Waals surface area contributed by atoms with Gasteiger partial charge < -0.3 is 14.2 Å². The zero-order valence-electron chi connectivity index (χ0n) is 7.23. The van der Waals surface area contributed by atoms with Crippen molar-refractivity contribution in [1.82, 2.24) is 0 Å². The molecule has 0 saturated carbocycles. The molecule has 13 heavy (non-hydrogen) atoms. The van der Waals surface area contributed by atoms with Crippen molar-refractivity contribution in [3.8, 4) is 0 Å². The monoisotopic (exact) mass is 182 g/mol. The van der Waals surface area contributed by atoms with E-state index in [1.807, 2.05) is 12.2 Å². The van der Waals surface area contributed by atoms with Crippen molar-refractivity contribution < 1.29 is 19.0 Å². The van der Waals surface area contributed by atoms with Crippen LogP contribution in [0.25, 0.3) is 0 Å². The zero-order chi connectivity index (χ0) is 9.05. The molecule has 3 rings (SSSR count). The number of rotatable bonds is 1. The Bertz CT molecular complexity index is 298. The maximum Gasteiger partial charge on any atom is 0.343 e. The van der Waals surface area contributed by atoms with Gasteiger partial charge in [0.05, 0.1) is 7.11 Å². The van der Waals surface area contributed by atoms with Crippen LogP contribution in [0.3, 0.4) is 0 Å². The summed E-state index contributed by atoms with van der Waals surface area (Å²) in [7, 11) is 1.38. The predicted octanol–water partition coefficient (Wildman–Crippen LogP) is 0.0243. The molecule has 2 fully saturated rings. The second-order valence-corrected chi connectivity index (χ2v) is 3.58. The van der Waals surface area contributed by atoms with Crippen LogP contribution >= 0.6 is 0 Å². The molecule has 4 unspecified atom stereocenters. The first-order chi connectivity index (χ1) is 6.29. The number of esters is 1. The molecule has 2 heterocycles. The number of hydrogen-bond donors (Lipinski definition) is 0. The predicted molar refractivity (Wildman–Crippen MR) is 42.0 cm³/mol. The van der Waals surface area contributed by atoms with E-state index in [-0.39, 0.29) is 24.3 Å². The SMILES string of the molecule is COC(=O)C12OC1CC=CC1OC12. The van der Waals surface area contributed by atoms with E-state index in [0.717, 1.165) is 6.42 Å². The first-order valence-electron chi connectivity index (χ1n) is 4.37. The molecular weight excluding hydrogens is 172 g/mol. The highest BCUT2D eigenvalue weighted by Crippen LogP contribution is 2.53. The normalized spacial score (nSPS) is 50.1. The maximum atomic E-state index is 11.5. The van der Waals surface area contributed by atoms with Gasteiger partial charge >= 0.3 is 5.97 Å². The second-order valence-electron chi connectivity index (χ2n) is 3.58. The second kappa shape index (κ2) is 2.13. The molecule has 0 aromatic rings. The van der Waals surface area contributed by atoms with Crippen LogP contribution in [0.1, 0.15) is 6.42 Å². The number of hydrogen-bond acceptors (Lipinski definition) is 4. The molecule has 0 radical (unpaired) electrons. The Balaban J connectivity index is 1.90. The van der Waals surface area contributed by atoms with Crippen LogP contribution in [0, 0.1) is 0 Å². The number of fused-ring (bicyclic) bond motifs is 3. The fourth-order valence-electron chi connectivity index (χ4n) is 2.08.